The fourth-order valence-corrected chi connectivity index (χ4v) is 1.97. The quantitative estimate of drug-likeness (QED) is 0.274. The number of ether oxygens (including phenoxy) is 2. The molecule has 0 radical (unpaired) electrons. The van der Waals surface area contributed by atoms with Gasteiger partial charge in [0, 0.05) is 12.8 Å². The van der Waals surface area contributed by atoms with Crippen LogP contribution in [0.15, 0.2) is 12.7 Å². The van der Waals surface area contributed by atoms with Gasteiger partial charge in [-0.3, -0.25) is 9.59 Å². The summed E-state index contributed by atoms with van der Waals surface area (Å²) in [5.41, 5.74) is 0. The molecule has 122 valence electrons. The second-order valence-corrected chi connectivity index (χ2v) is 5.08. The van der Waals surface area contributed by atoms with Gasteiger partial charge in [0.25, 0.3) is 0 Å². The molecule has 0 aliphatic carbocycles. The Hall–Kier alpha value is -1.32. The number of rotatable bonds is 14. The monoisotopic (exact) mass is 298 g/mol. The SMILES string of the molecule is C=CCCCCCCCCOC(=O)CCCC(=O)OCC. The highest BCUT2D eigenvalue weighted by Gasteiger charge is 2.06. The molecule has 0 amide bonds. The summed E-state index contributed by atoms with van der Waals surface area (Å²) in [6.45, 7) is 6.35. The lowest BCUT2D eigenvalue weighted by Crippen LogP contribution is -2.08. The minimum atomic E-state index is -0.248. The maximum atomic E-state index is 11.4. The molecule has 0 aromatic carbocycles. The zero-order valence-electron chi connectivity index (χ0n) is 13.4. The molecule has 0 bridgehead atoms. The van der Waals surface area contributed by atoms with Crippen LogP contribution in [0.1, 0.15) is 71.1 Å². The Balaban J connectivity index is 3.26. The van der Waals surface area contributed by atoms with E-state index in [4.69, 9.17) is 9.47 Å². The molecule has 0 spiro atoms. The second kappa shape index (κ2) is 15.1. The van der Waals surface area contributed by atoms with E-state index < -0.39 is 0 Å². The Morgan fingerprint density at radius 2 is 1.43 bits per heavy atom. The summed E-state index contributed by atoms with van der Waals surface area (Å²) in [5.74, 6) is -0.466. The van der Waals surface area contributed by atoms with Crippen LogP contribution < -0.4 is 0 Å². The van der Waals surface area contributed by atoms with Crippen molar-refractivity contribution in [2.45, 2.75) is 71.1 Å². The first-order valence-electron chi connectivity index (χ1n) is 8.12. The van der Waals surface area contributed by atoms with Gasteiger partial charge < -0.3 is 9.47 Å². The third-order valence-corrected chi connectivity index (χ3v) is 3.13. The Bertz CT molecular complexity index is 287. The van der Waals surface area contributed by atoms with Gasteiger partial charge in [-0.25, -0.2) is 0 Å². The smallest absolute Gasteiger partial charge is 0.305 e. The molecule has 0 N–H and O–H groups in total. The topological polar surface area (TPSA) is 52.6 Å². The van der Waals surface area contributed by atoms with Gasteiger partial charge in [-0.15, -0.1) is 6.58 Å². The summed E-state index contributed by atoms with van der Waals surface area (Å²) >= 11 is 0. The lowest BCUT2D eigenvalue weighted by Gasteiger charge is -2.05. The zero-order valence-corrected chi connectivity index (χ0v) is 13.4. The van der Waals surface area contributed by atoms with E-state index in [9.17, 15) is 9.59 Å². The molecule has 0 rings (SSSR count). The molecular formula is C17H30O4. The van der Waals surface area contributed by atoms with Crippen molar-refractivity contribution in [3.63, 3.8) is 0 Å². The van der Waals surface area contributed by atoms with Crippen molar-refractivity contribution in [2.75, 3.05) is 13.2 Å². The molecule has 4 heteroatoms. The van der Waals surface area contributed by atoms with Gasteiger partial charge in [-0.1, -0.05) is 31.8 Å². The summed E-state index contributed by atoms with van der Waals surface area (Å²) in [7, 11) is 0. The van der Waals surface area contributed by atoms with Gasteiger partial charge in [-0.2, -0.15) is 0 Å². The maximum absolute atomic E-state index is 11.4. The standard InChI is InChI=1S/C17H30O4/c1-3-5-6-7-8-9-10-11-15-21-17(19)14-12-13-16(18)20-4-2/h3H,1,4-15H2,2H3. The van der Waals surface area contributed by atoms with Crippen molar-refractivity contribution in [1.82, 2.24) is 0 Å². The van der Waals surface area contributed by atoms with Crippen LogP contribution >= 0.6 is 0 Å². The van der Waals surface area contributed by atoms with E-state index in [0.717, 1.165) is 19.3 Å². The zero-order chi connectivity index (χ0) is 15.8. The van der Waals surface area contributed by atoms with Crippen molar-refractivity contribution in [1.29, 1.82) is 0 Å². The van der Waals surface area contributed by atoms with E-state index in [-0.39, 0.29) is 18.4 Å². The lowest BCUT2D eigenvalue weighted by molar-refractivity contribution is -0.145. The minimum Gasteiger partial charge on any atom is -0.466 e. The number of carbonyl (C=O) groups is 2. The molecule has 21 heavy (non-hydrogen) atoms. The molecule has 0 saturated heterocycles. The number of carbonyl (C=O) groups excluding carboxylic acids is 2. The average Bonchev–Trinajstić information content (AvgIpc) is 2.46. The third kappa shape index (κ3) is 14.9. The van der Waals surface area contributed by atoms with Crippen LogP contribution in [0.2, 0.25) is 0 Å². The number of unbranched alkanes of at least 4 members (excludes halogenated alkanes) is 6. The van der Waals surface area contributed by atoms with Gasteiger partial charge in [0.15, 0.2) is 0 Å². The van der Waals surface area contributed by atoms with Crippen molar-refractivity contribution in [3.8, 4) is 0 Å². The van der Waals surface area contributed by atoms with Gasteiger partial charge in [0.1, 0.15) is 0 Å². The van der Waals surface area contributed by atoms with Crippen LogP contribution in [-0.4, -0.2) is 25.2 Å². The molecule has 0 atom stereocenters. The van der Waals surface area contributed by atoms with E-state index >= 15 is 0 Å². The normalized spacial score (nSPS) is 10.1. The van der Waals surface area contributed by atoms with Crippen molar-refractivity contribution in [3.05, 3.63) is 12.7 Å². The first-order chi connectivity index (χ1) is 10.2. The fourth-order valence-electron chi connectivity index (χ4n) is 1.97. The second-order valence-electron chi connectivity index (χ2n) is 5.08. The van der Waals surface area contributed by atoms with Crippen molar-refractivity contribution < 1.29 is 19.1 Å². The summed E-state index contributed by atoms with van der Waals surface area (Å²) < 4.78 is 9.91. The van der Waals surface area contributed by atoms with Crippen molar-refractivity contribution in [2.24, 2.45) is 0 Å². The predicted molar refractivity (Wildman–Crippen MR) is 84.0 cm³/mol. The summed E-state index contributed by atoms with van der Waals surface area (Å²) in [6, 6.07) is 0. The van der Waals surface area contributed by atoms with Gasteiger partial charge in [-0.05, 0) is 32.6 Å². The van der Waals surface area contributed by atoms with E-state index in [2.05, 4.69) is 6.58 Å². The highest BCUT2D eigenvalue weighted by molar-refractivity contribution is 5.72. The predicted octanol–water partition coefficient (Wildman–Crippen LogP) is 4.18. The van der Waals surface area contributed by atoms with Crippen LogP contribution in [0.4, 0.5) is 0 Å². The molecule has 0 unspecified atom stereocenters. The molecule has 0 aromatic rings. The van der Waals surface area contributed by atoms with Crippen LogP contribution in [0, 0.1) is 0 Å². The van der Waals surface area contributed by atoms with Gasteiger partial charge in [0.05, 0.1) is 13.2 Å². The number of esters is 2. The van der Waals surface area contributed by atoms with E-state index in [1.807, 2.05) is 6.08 Å². The summed E-state index contributed by atoms with van der Waals surface area (Å²) in [6.07, 6.45) is 11.1. The molecular weight excluding hydrogens is 268 g/mol. The largest absolute Gasteiger partial charge is 0.466 e. The van der Waals surface area contributed by atoms with Crippen LogP contribution in [0.25, 0.3) is 0 Å². The molecule has 0 aliphatic heterocycles. The van der Waals surface area contributed by atoms with E-state index in [1.165, 1.54) is 25.7 Å². The highest BCUT2D eigenvalue weighted by Crippen LogP contribution is 2.08. The summed E-state index contributed by atoms with van der Waals surface area (Å²) in [5, 5.41) is 0. The average molecular weight is 298 g/mol. The maximum Gasteiger partial charge on any atom is 0.305 e. The molecule has 0 saturated carbocycles. The van der Waals surface area contributed by atoms with Crippen LogP contribution in [0.3, 0.4) is 0 Å². The Morgan fingerprint density at radius 1 is 0.857 bits per heavy atom. The Morgan fingerprint density at radius 3 is 2.05 bits per heavy atom. The van der Waals surface area contributed by atoms with Crippen LogP contribution in [0.5, 0.6) is 0 Å². The molecule has 4 nitrogen and oxygen atoms in total. The lowest BCUT2D eigenvalue weighted by atomic mass is 10.1. The van der Waals surface area contributed by atoms with E-state index in [1.54, 1.807) is 6.92 Å². The van der Waals surface area contributed by atoms with Gasteiger partial charge >= 0.3 is 11.9 Å². The number of hydrogen-bond acceptors (Lipinski definition) is 4. The van der Waals surface area contributed by atoms with Gasteiger partial charge in [0.2, 0.25) is 0 Å². The third-order valence-electron chi connectivity index (χ3n) is 3.13. The molecule has 0 fully saturated rings. The number of allylic oxidation sites excluding steroid dienone is 1. The fraction of sp³-hybridized carbons (Fsp3) is 0.765. The summed E-state index contributed by atoms with van der Waals surface area (Å²) in [4.78, 5) is 22.5. The van der Waals surface area contributed by atoms with Crippen molar-refractivity contribution >= 4 is 11.9 Å². The first kappa shape index (κ1) is 19.7. The molecule has 0 aliphatic rings. The van der Waals surface area contributed by atoms with E-state index in [0.29, 0.717) is 26.1 Å². The minimum absolute atomic E-state index is 0.217. The number of hydrogen-bond donors (Lipinski definition) is 0. The molecule has 0 heterocycles. The highest BCUT2D eigenvalue weighted by atomic mass is 16.5. The first-order valence-corrected chi connectivity index (χ1v) is 8.12. The Labute approximate surface area is 128 Å². The Kier molecular flexibility index (Phi) is 14.1. The van der Waals surface area contributed by atoms with Crippen LogP contribution in [-0.2, 0) is 19.1 Å². The molecule has 0 aromatic heterocycles.